The number of Topliss-reactive ketones (excluding diaryl/α,β-unsaturated/α-hetero) is 2. The van der Waals surface area contributed by atoms with Crippen LogP contribution in [0.25, 0.3) is 0 Å². The molecular formula is C20H24N2O2. The molecule has 0 aliphatic carbocycles. The van der Waals surface area contributed by atoms with Gasteiger partial charge in [-0.1, -0.05) is 0 Å². The molecular weight excluding hydrogens is 300 g/mol. The number of benzene rings is 2. The smallest absolute Gasteiger partial charge is 0.233 e. The molecule has 2 aromatic rings. The maximum Gasteiger partial charge on any atom is 0.233 e. The average Bonchev–Trinajstić information content (AvgIpc) is 2.53. The zero-order valence-corrected chi connectivity index (χ0v) is 15.2. The molecule has 0 aliphatic rings. The van der Waals surface area contributed by atoms with E-state index in [1.807, 2.05) is 76.1 Å². The Balaban J connectivity index is 2.35. The van der Waals surface area contributed by atoms with Crippen molar-refractivity contribution in [3.63, 3.8) is 0 Å². The number of carbonyl (C=O) groups excluding carboxylic acids is 2. The lowest BCUT2D eigenvalue weighted by molar-refractivity contribution is 0.0816. The van der Waals surface area contributed by atoms with Crippen LogP contribution in [0, 0.1) is 13.8 Å². The van der Waals surface area contributed by atoms with E-state index in [2.05, 4.69) is 0 Å². The number of nitrogens with zero attached hydrogens (tertiary/aromatic N) is 2. The summed E-state index contributed by atoms with van der Waals surface area (Å²) in [6, 6.07) is 11.0. The lowest BCUT2D eigenvalue weighted by atomic mass is 9.95. The van der Waals surface area contributed by atoms with Crippen LogP contribution in [0.15, 0.2) is 36.4 Å². The normalized spacial score (nSPS) is 10.4. The summed E-state index contributed by atoms with van der Waals surface area (Å²) in [5.74, 6) is -0.919. The SMILES string of the molecule is Cc1cc(N(C)C)ccc1C(=O)C(=O)c1ccc(N(C)C)cc1C. The van der Waals surface area contributed by atoms with Gasteiger partial charge in [0.2, 0.25) is 11.6 Å². The molecule has 2 aromatic carbocycles. The zero-order valence-electron chi connectivity index (χ0n) is 15.2. The van der Waals surface area contributed by atoms with Gasteiger partial charge >= 0.3 is 0 Å². The fraction of sp³-hybridized carbons (Fsp3) is 0.300. The minimum atomic E-state index is -0.460. The van der Waals surface area contributed by atoms with E-state index in [0.29, 0.717) is 11.1 Å². The van der Waals surface area contributed by atoms with E-state index < -0.39 is 11.6 Å². The molecule has 0 bridgehead atoms. The molecule has 0 amide bonds. The highest BCUT2D eigenvalue weighted by Gasteiger charge is 2.22. The van der Waals surface area contributed by atoms with Gasteiger partial charge in [0.05, 0.1) is 0 Å². The molecule has 0 unspecified atom stereocenters. The van der Waals surface area contributed by atoms with Gasteiger partial charge in [-0.15, -0.1) is 0 Å². The summed E-state index contributed by atoms with van der Waals surface area (Å²) in [7, 11) is 7.77. The molecule has 4 heteroatoms. The summed E-state index contributed by atoms with van der Waals surface area (Å²) in [5.41, 5.74) is 4.54. The van der Waals surface area contributed by atoms with Gasteiger partial charge in [0.15, 0.2) is 0 Å². The predicted molar refractivity (Wildman–Crippen MR) is 99.7 cm³/mol. The average molecular weight is 324 g/mol. The van der Waals surface area contributed by atoms with E-state index in [1.165, 1.54) is 0 Å². The van der Waals surface area contributed by atoms with Gasteiger partial charge in [0.25, 0.3) is 0 Å². The lowest BCUT2D eigenvalue weighted by Crippen LogP contribution is -2.18. The van der Waals surface area contributed by atoms with E-state index in [-0.39, 0.29) is 0 Å². The highest BCUT2D eigenvalue weighted by molar-refractivity contribution is 6.49. The molecule has 0 saturated heterocycles. The van der Waals surface area contributed by atoms with E-state index in [1.54, 1.807) is 12.1 Å². The molecule has 4 nitrogen and oxygen atoms in total. The summed E-state index contributed by atoms with van der Waals surface area (Å²) in [4.78, 5) is 29.2. The maximum atomic E-state index is 12.6. The van der Waals surface area contributed by atoms with E-state index in [0.717, 1.165) is 22.5 Å². The number of hydrogen-bond acceptors (Lipinski definition) is 4. The molecule has 2 rings (SSSR count). The van der Waals surface area contributed by atoms with Gasteiger partial charge in [0.1, 0.15) is 0 Å². The zero-order chi connectivity index (χ0) is 18.0. The van der Waals surface area contributed by atoms with Gasteiger partial charge < -0.3 is 9.80 Å². The Kier molecular flexibility index (Phi) is 5.07. The fourth-order valence-electron chi connectivity index (χ4n) is 2.61. The summed E-state index contributed by atoms with van der Waals surface area (Å²) < 4.78 is 0. The highest BCUT2D eigenvalue weighted by atomic mass is 16.2. The summed E-state index contributed by atoms with van der Waals surface area (Å²) >= 11 is 0. The van der Waals surface area contributed by atoms with Crippen molar-refractivity contribution < 1.29 is 9.59 Å². The van der Waals surface area contributed by atoms with Crippen LogP contribution in [0.3, 0.4) is 0 Å². The first kappa shape index (κ1) is 17.7. The van der Waals surface area contributed by atoms with Gasteiger partial charge in [-0.3, -0.25) is 9.59 Å². The summed E-state index contributed by atoms with van der Waals surface area (Å²) in [6.45, 7) is 3.71. The van der Waals surface area contributed by atoms with Gasteiger partial charge in [-0.2, -0.15) is 0 Å². The van der Waals surface area contributed by atoms with Gasteiger partial charge in [0, 0.05) is 50.7 Å². The lowest BCUT2D eigenvalue weighted by Gasteiger charge is -2.16. The Bertz CT molecular complexity index is 725. The van der Waals surface area contributed by atoms with Crippen molar-refractivity contribution in [2.75, 3.05) is 38.0 Å². The third-order valence-corrected chi connectivity index (χ3v) is 4.15. The minimum Gasteiger partial charge on any atom is -0.378 e. The fourth-order valence-corrected chi connectivity index (χ4v) is 2.61. The van der Waals surface area contributed by atoms with Crippen molar-refractivity contribution in [3.05, 3.63) is 58.7 Å². The second kappa shape index (κ2) is 6.87. The Labute approximate surface area is 143 Å². The number of anilines is 2. The third-order valence-electron chi connectivity index (χ3n) is 4.15. The van der Waals surface area contributed by atoms with Crippen LogP contribution in [-0.2, 0) is 0 Å². The second-order valence-corrected chi connectivity index (χ2v) is 6.45. The molecule has 0 fully saturated rings. The number of hydrogen-bond donors (Lipinski definition) is 0. The molecule has 0 radical (unpaired) electrons. The van der Waals surface area contributed by atoms with Crippen LogP contribution >= 0.6 is 0 Å². The van der Waals surface area contributed by atoms with Crippen molar-refractivity contribution in [2.45, 2.75) is 13.8 Å². The van der Waals surface area contributed by atoms with Crippen molar-refractivity contribution in [1.29, 1.82) is 0 Å². The molecule has 0 N–H and O–H groups in total. The standard InChI is InChI=1S/C20H24N2O2/c1-13-11-15(21(3)4)7-9-17(13)19(23)20(24)18-10-8-16(22(5)6)12-14(18)2/h7-12H,1-6H3. The molecule has 24 heavy (non-hydrogen) atoms. The Morgan fingerprint density at radius 1 is 0.667 bits per heavy atom. The molecule has 0 aliphatic heterocycles. The molecule has 0 spiro atoms. The molecule has 0 heterocycles. The van der Waals surface area contributed by atoms with Crippen molar-refractivity contribution >= 4 is 22.9 Å². The Morgan fingerprint density at radius 2 is 1.00 bits per heavy atom. The van der Waals surface area contributed by atoms with E-state index in [9.17, 15) is 9.59 Å². The number of aryl methyl sites for hydroxylation is 2. The van der Waals surface area contributed by atoms with Crippen LogP contribution in [-0.4, -0.2) is 39.8 Å². The van der Waals surface area contributed by atoms with Crippen LogP contribution in [0.4, 0.5) is 11.4 Å². The first-order valence-electron chi connectivity index (χ1n) is 7.87. The van der Waals surface area contributed by atoms with Crippen molar-refractivity contribution in [2.24, 2.45) is 0 Å². The summed E-state index contributed by atoms with van der Waals surface area (Å²) in [5, 5.41) is 0. The van der Waals surface area contributed by atoms with Crippen molar-refractivity contribution in [3.8, 4) is 0 Å². The maximum absolute atomic E-state index is 12.6. The number of carbonyl (C=O) groups is 2. The van der Waals surface area contributed by atoms with Crippen LogP contribution in [0.2, 0.25) is 0 Å². The topological polar surface area (TPSA) is 40.6 Å². The summed E-state index contributed by atoms with van der Waals surface area (Å²) in [6.07, 6.45) is 0. The third kappa shape index (κ3) is 3.48. The molecule has 0 aromatic heterocycles. The number of ketones is 2. The largest absolute Gasteiger partial charge is 0.378 e. The van der Waals surface area contributed by atoms with Crippen molar-refractivity contribution in [1.82, 2.24) is 0 Å². The van der Waals surface area contributed by atoms with Crippen LogP contribution in [0.5, 0.6) is 0 Å². The quantitative estimate of drug-likeness (QED) is 0.623. The van der Waals surface area contributed by atoms with Gasteiger partial charge in [-0.25, -0.2) is 0 Å². The van der Waals surface area contributed by atoms with Gasteiger partial charge in [-0.05, 0) is 61.4 Å². The highest BCUT2D eigenvalue weighted by Crippen LogP contribution is 2.22. The Hall–Kier alpha value is -2.62. The second-order valence-electron chi connectivity index (χ2n) is 6.45. The molecule has 0 atom stereocenters. The number of rotatable bonds is 5. The van der Waals surface area contributed by atoms with E-state index >= 15 is 0 Å². The van der Waals surface area contributed by atoms with E-state index in [4.69, 9.17) is 0 Å². The first-order chi connectivity index (χ1) is 11.2. The van der Waals surface area contributed by atoms with Crippen LogP contribution in [0.1, 0.15) is 31.8 Å². The minimum absolute atomic E-state index is 0.460. The first-order valence-corrected chi connectivity index (χ1v) is 7.87. The molecule has 0 saturated carbocycles. The van der Waals surface area contributed by atoms with Crippen LogP contribution < -0.4 is 9.80 Å². The molecule has 126 valence electrons. The predicted octanol–water partition coefficient (Wildman–Crippen LogP) is 3.50. The Morgan fingerprint density at radius 3 is 1.25 bits per heavy atom. The monoisotopic (exact) mass is 324 g/mol.